The summed E-state index contributed by atoms with van der Waals surface area (Å²) >= 11 is 0. The smallest absolute Gasteiger partial charge is 0.0612 e. The fourth-order valence-electron chi connectivity index (χ4n) is 3.56. The number of rotatable bonds is 6. The lowest BCUT2D eigenvalue weighted by Gasteiger charge is -2.34. The van der Waals surface area contributed by atoms with E-state index in [1.165, 1.54) is 58.2 Å². The Morgan fingerprint density at radius 2 is 2.10 bits per heavy atom. The highest BCUT2D eigenvalue weighted by atomic mass is 16.5. The Hall–Kier alpha value is -0.120. The van der Waals surface area contributed by atoms with Gasteiger partial charge in [0.05, 0.1) is 6.10 Å². The summed E-state index contributed by atoms with van der Waals surface area (Å²) in [5.41, 5.74) is 0. The van der Waals surface area contributed by atoms with Crippen molar-refractivity contribution in [2.75, 3.05) is 26.2 Å². The standard InChI is InChI=1S/C17H34N2O/c1-14(2)17-13-16(8-12-20-17)18-9-6-11-19-10-5-4-7-15(19)3/h14-18H,4-13H2,1-3H3. The van der Waals surface area contributed by atoms with E-state index in [0.717, 1.165) is 12.6 Å². The monoisotopic (exact) mass is 282 g/mol. The van der Waals surface area contributed by atoms with Crippen LogP contribution in [0.15, 0.2) is 0 Å². The molecule has 2 rings (SSSR count). The molecule has 0 radical (unpaired) electrons. The third-order valence-corrected chi connectivity index (χ3v) is 5.05. The van der Waals surface area contributed by atoms with E-state index in [0.29, 0.717) is 18.1 Å². The maximum atomic E-state index is 5.84. The summed E-state index contributed by atoms with van der Waals surface area (Å²) in [5.74, 6) is 0.647. The number of nitrogens with one attached hydrogen (secondary N) is 1. The summed E-state index contributed by atoms with van der Waals surface area (Å²) < 4.78 is 5.84. The summed E-state index contributed by atoms with van der Waals surface area (Å²) in [6, 6.07) is 1.48. The van der Waals surface area contributed by atoms with Crippen LogP contribution >= 0.6 is 0 Å². The Labute approximate surface area is 125 Å². The van der Waals surface area contributed by atoms with Crippen LogP contribution in [0.1, 0.15) is 59.3 Å². The Morgan fingerprint density at radius 3 is 2.85 bits per heavy atom. The molecule has 0 aliphatic carbocycles. The molecule has 118 valence electrons. The van der Waals surface area contributed by atoms with Gasteiger partial charge in [-0.25, -0.2) is 0 Å². The molecule has 3 atom stereocenters. The van der Waals surface area contributed by atoms with Gasteiger partial charge < -0.3 is 15.0 Å². The lowest BCUT2D eigenvalue weighted by Crippen LogP contribution is -2.42. The third kappa shape index (κ3) is 5.01. The molecule has 3 unspecified atom stereocenters. The van der Waals surface area contributed by atoms with Crippen molar-refractivity contribution in [3.8, 4) is 0 Å². The van der Waals surface area contributed by atoms with Crippen LogP contribution in [0.3, 0.4) is 0 Å². The normalized spacial score (nSPS) is 32.7. The van der Waals surface area contributed by atoms with Crippen LogP contribution in [-0.4, -0.2) is 49.3 Å². The van der Waals surface area contributed by atoms with Crippen LogP contribution < -0.4 is 5.32 Å². The lowest BCUT2D eigenvalue weighted by atomic mass is 9.95. The lowest BCUT2D eigenvalue weighted by molar-refractivity contribution is -0.0243. The maximum Gasteiger partial charge on any atom is 0.0612 e. The molecule has 2 aliphatic rings. The van der Waals surface area contributed by atoms with E-state index in [4.69, 9.17) is 4.74 Å². The molecule has 1 N–H and O–H groups in total. The van der Waals surface area contributed by atoms with Gasteiger partial charge in [0.1, 0.15) is 0 Å². The highest BCUT2D eigenvalue weighted by Gasteiger charge is 2.24. The predicted octanol–water partition coefficient (Wildman–Crippen LogP) is 3.04. The van der Waals surface area contributed by atoms with Crippen molar-refractivity contribution in [2.24, 2.45) is 5.92 Å². The first-order valence-corrected chi connectivity index (χ1v) is 8.76. The first kappa shape index (κ1) is 16.3. The van der Waals surface area contributed by atoms with Crippen molar-refractivity contribution in [3.05, 3.63) is 0 Å². The predicted molar refractivity (Wildman–Crippen MR) is 85.1 cm³/mol. The molecule has 2 aliphatic heterocycles. The highest BCUT2D eigenvalue weighted by Crippen LogP contribution is 2.20. The molecular weight excluding hydrogens is 248 g/mol. The minimum absolute atomic E-state index is 0.461. The van der Waals surface area contributed by atoms with E-state index in [1.807, 2.05) is 0 Å². The second-order valence-electron chi connectivity index (χ2n) is 7.06. The molecule has 2 fully saturated rings. The van der Waals surface area contributed by atoms with Crippen LogP contribution in [0.5, 0.6) is 0 Å². The average Bonchev–Trinajstić information content (AvgIpc) is 2.45. The molecule has 0 spiro atoms. The van der Waals surface area contributed by atoms with Gasteiger partial charge in [0, 0.05) is 18.7 Å². The van der Waals surface area contributed by atoms with Crippen LogP contribution in [0.25, 0.3) is 0 Å². The topological polar surface area (TPSA) is 24.5 Å². The molecule has 0 aromatic heterocycles. The van der Waals surface area contributed by atoms with E-state index in [1.54, 1.807) is 0 Å². The highest BCUT2D eigenvalue weighted by molar-refractivity contribution is 4.79. The Morgan fingerprint density at radius 1 is 1.25 bits per heavy atom. The van der Waals surface area contributed by atoms with E-state index in [9.17, 15) is 0 Å². The van der Waals surface area contributed by atoms with Gasteiger partial charge in [-0.3, -0.25) is 0 Å². The first-order chi connectivity index (χ1) is 9.66. The first-order valence-electron chi connectivity index (χ1n) is 8.76. The van der Waals surface area contributed by atoms with E-state index < -0.39 is 0 Å². The zero-order chi connectivity index (χ0) is 14.4. The van der Waals surface area contributed by atoms with E-state index >= 15 is 0 Å². The summed E-state index contributed by atoms with van der Waals surface area (Å²) in [5, 5.41) is 3.75. The van der Waals surface area contributed by atoms with Gasteiger partial charge in [0.2, 0.25) is 0 Å². The fraction of sp³-hybridized carbons (Fsp3) is 1.00. The van der Waals surface area contributed by atoms with Gasteiger partial charge in [-0.2, -0.15) is 0 Å². The van der Waals surface area contributed by atoms with Crippen molar-refractivity contribution in [2.45, 2.75) is 77.5 Å². The summed E-state index contributed by atoms with van der Waals surface area (Å²) in [4.78, 5) is 2.67. The molecule has 2 heterocycles. The molecule has 0 aromatic carbocycles. The molecule has 0 bridgehead atoms. The number of hydrogen-bond acceptors (Lipinski definition) is 3. The number of piperidine rings is 1. The summed E-state index contributed by atoms with van der Waals surface area (Å²) in [7, 11) is 0. The Kier molecular flexibility index (Phi) is 6.79. The molecular formula is C17H34N2O. The molecule has 2 saturated heterocycles. The van der Waals surface area contributed by atoms with Gasteiger partial charge in [-0.15, -0.1) is 0 Å². The molecule has 3 nitrogen and oxygen atoms in total. The Balaban J connectivity index is 1.58. The van der Waals surface area contributed by atoms with Crippen LogP contribution in [0.4, 0.5) is 0 Å². The molecule has 0 aromatic rings. The van der Waals surface area contributed by atoms with Gasteiger partial charge >= 0.3 is 0 Å². The Bertz CT molecular complexity index is 270. The second-order valence-corrected chi connectivity index (χ2v) is 7.06. The van der Waals surface area contributed by atoms with Crippen molar-refractivity contribution < 1.29 is 4.74 Å². The number of likely N-dealkylation sites (tertiary alicyclic amines) is 1. The SMILES string of the molecule is CC(C)C1CC(NCCCN2CCCCC2C)CCO1. The third-order valence-electron chi connectivity index (χ3n) is 5.05. The average molecular weight is 282 g/mol. The van der Waals surface area contributed by atoms with Crippen molar-refractivity contribution >= 4 is 0 Å². The largest absolute Gasteiger partial charge is 0.378 e. The van der Waals surface area contributed by atoms with E-state index in [-0.39, 0.29) is 0 Å². The molecule has 0 amide bonds. The molecule has 20 heavy (non-hydrogen) atoms. The fourth-order valence-corrected chi connectivity index (χ4v) is 3.56. The minimum Gasteiger partial charge on any atom is -0.378 e. The number of hydrogen-bond donors (Lipinski definition) is 1. The quantitative estimate of drug-likeness (QED) is 0.758. The van der Waals surface area contributed by atoms with Crippen molar-refractivity contribution in [3.63, 3.8) is 0 Å². The van der Waals surface area contributed by atoms with Crippen molar-refractivity contribution in [1.29, 1.82) is 0 Å². The van der Waals surface area contributed by atoms with Gasteiger partial charge in [-0.1, -0.05) is 20.3 Å². The molecule has 0 saturated carbocycles. The maximum absolute atomic E-state index is 5.84. The summed E-state index contributed by atoms with van der Waals surface area (Å²) in [6.07, 6.45) is 8.34. The van der Waals surface area contributed by atoms with Crippen LogP contribution in [0, 0.1) is 5.92 Å². The van der Waals surface area contributed by atoms with E-state index in [2.05, 4.69) is 31.0 Å². The second kappa shape index (κ2) is 8.35. The van der Waals surface area contributed by atoms with Gasteiger partial charge in [-0.05, 0) is 64.6 Å². The van der Waals surface area contributed by atoms with Crippen LogP contribution in [-0.2, 0) is 4.74 Å². The van der Waals surface area contributed by atoms with Crippen molar-refractivity contribution in [1.82, 2.24) is 10.2 Å². The van der Waals surface area contributed by atoms with Gasteiger partial charge in [0.25, 0.3) is 0 Å². The summed E-state index contributed by atoms with van der Waals surface area (Å²) in [6.45, 7) is 11.6. The zero-order valence-corrected chi connectivity index (χ0v) is 13.7. The number of nitrogens with zero attached hydrogens (tertiary/aromatic N) is 1. The number of ether oxygens (including phenoxy) is 1. The zero-order valence-electron chi connectivity index (χ0n) is 13.7. The molecule has 3 heteroatoms. The minimum atomic E-state index is 0.461. The van der Waals surface area contributed by atoms with Crippen LogP contribution in [0.2, 0.25) is 0 Å². The van der Waals surface area contributed by atoms with Gasteiger partial charge in [0.15, 0.2) is 0 Å².